The largest absolute Gasteiger partial charge is 0.411 e. The van der Waals surface area contributed by atoms with Gasteiger partial charge in [-0.1, -0.05) is 0 Å². The van der Waals surface area contributed by atoms with E-state index >= 15 is 0 Å². The summed E-state index contributed by atoms with van der Waals surface area (Å²) in [4.78, 5) is 18.5. The molecule has 0 unspecified atom stereocenters. The van der Waals surface area contributed by atoms with Crippen LogP contribution in [0.15, 0.2) is 0 Å². The molecule has 0 spiro atoms. The van der Waals surface area contributed by atoms with Gasteiger partial charge >= 0.3 is 17.1 Å². The summed E-state index contributed by atoms with van der Waals surface area (Å²) < 4.78 is 10.6. The third-order valence-electron chi connectivity index (χ3n) is 1.11. The van der Waals surface area contributed by atoms with E-state index in [1.807, 2.05) is 41.5 Å². The average molecular weight is 480 g/mol. The maximum absolute atomic E-state index is 9.27. The van der Waals surface area contributed by atoms with Gasteiger partial charge in [0, 0.05) is 39.4 Å². The van der Waals surface area contributed by atoms with E-state index < -0.39 is 17.1 Å². The predicted molar refractivity (Wildman–Crippen MR) is 107 cm³/mol. The second-order valence-electron chi connectivity index (χ2n) is 7.95. The van der Waals surface area contributed by atoms with Crippen LogP contribution in [0.2, 0.25) is 26.2 Å². The molecular weight excluding hydrogens is 436 g/mol. The summed E-state index contributed by atoms with van der Waals surface area (Å²) in [5, 5.41) is 15.1. The van der Waals surface area contributed by atoms with Crippen LogP contribution in [0.3, 0.4) is 0 Å². The van der Waals surface area contributed by atoms with Gasteiger partial charge in [-0.05, 0) is 81.6 Å². The van der Waals surface area contributed by atoms with Crippen molar-refractivity contribution in [2.45, 2.75) is 92.8 Å². The van der Waals surface area contributed by atoms with Gasteiger partial charge in [-0.15, -0.1) is 0 Å². The SMILES string of the molecule is CC(C)(C)O[Si](C)(C)O.CC(C)(C)O[Si](C)(C)O.CCO.CCO.[Zr]. The molecule has 0 heterocycles. The zero-order chi connectivity index (χ0) is 20.8. The van der Waals surface area contributed by atoms with Crippen molar-refractivity contribution in [1.29, 1.82) is 0 Å². The van der Waals surface area contributed by atoms with Gasteiger partial charge in [-0.2, -0.15) is 0 Å². The molecular formula is C16H44O6Si2Zr. The van der Waals surface area contributed by atoms with Crippen LogP contribution in [0.4, 0.5) is 0 Å². The van der Waals surface area contributed by atoms with Crippen molar-refractivity contribution >= 4 is 17.1 Å². The van der Waals surface area contributed by atoms with Crippen molar-refractivity contribution in [3.8, 4) is 0 Å². The molecule has 0 atom stereocenters. The van der Waals surface area contributed by atoms with Gasteiger partial charge in [0.2, 0.25) is 0 Å². The van der Waals surface area contributed by atoms with Gasteiger partial charge in [0.05, 0.1) is 11.2 Å². The van der Waals surface area contributed by atoms with Crippen LogP contribution in [-0.4, -0.2) is 61.3 Å². The van der Waals surface area contributed by atoms with Crippen molar-refractivity contribution in [2.75, 3.05) is 13.2 Å². The number of aliphatic hydroxyl groups is 2. The molecule has 9 heteroatoms. The first-order valence-electron chi connectivity index (χ1n) is 8.31. The molecule has 0 aromatic rings. The van der Waals surface area contributed by atoms with Gasteiger partial charge in [0.25, 0.3) is 0 Å². The quantitative estimate of drug-likeness (QED) is 0.454. The summed E-state index contributed by atoms with van der Waals surface area (Å²) in [6, 6.07) is 0. The average Bonchev–Trinajstić information content (AvgIpc) is 2.06. The fourth-order valence-corrected chi connectivity index (χ4v) is 4.50. The van der Waals surface area contributed by atoms with E-state index in [0.29, 0.717) is 0 Å². The monoisotopic (exact) mass is 478 g/mol. The van der Waals surface area contributed by atoms with Crippen molar-refractivity contribution in [2.24, 2.45) is 0 Å². The minimum Gasteiger partial charge on any atom is -0.411 e. The fourth-order valence-electron chi connectivity index (χ4n) is 1.50. The van der Waals surface area contributed by atoms with E-state index in [1.165, 1.54) is 0 Å². The van der Waals surface area contributed by atoms with E-state index in [9.17, 15) is 9.59 Å². The summed E-state index contributed by atoms with van der Waals surface area (Å²) in [5.74, 6) is 0. The standard InChI is InChI=1S/2C6H16O2Si.2C2H6O.Zr/c2*1-6(2,3)8-9(4,5)7;2*1-2-3;/h2*7H,1-5H3;2*3H,2H2,1H3;. The molecule has 0 fully saturated rings. The van der Waals surface area contributed by atoms with Crippen LogP contribution in [0.1, 0.15) is 55.4 Å². The topological polar surface area (TPSA) is 99.4 Å². The van der Waals surface area contributed by atoms with E-state index in [-0.39, 0.29) is 50.6 Å². The van der Waals surface area contributed by atoms with Crippen LogP contribution < -0.4 is 0 Å². The molecule has 25 heavy (non-hydrogen) atoms. The van der Waals surface area contributed by atoms with Crippen molar-refractivity contribution in [1.82, 2.24) is 0 Å². The van der Waals surface area contributed by atoms with E-state index in [2.05, 4.69) is 0 Å². The molecule has 0 aliphatic rings. The summed E-state index contributed by atoms with van der Waals surface area (Å²) >= 11 is 0. The van der Waals surface area contributed by atoms with Crippen LogP contribution >= 0.6 is 0 Å². The van der Waals surface area contributed by atoms with Crippen molar-refractivity contribution in [3.63, 3.8) is 0 Å². The Balaban J connectivity index is -0.0000000788. The molecule has 0 saturated carbocycles. The molecule has 0 saturated heterocycles. The third-order valence-corrected chi connectivity index (χ3v) is 3.34. The Kier molecular flexibility index (Phi) is 25.4. The van der Waals surface area contributed by atoms with E-state index in [0.717, 1.165) is 0 Å². The predicted octanol–water partition coefficient (Wildman–Crippen LogP) is 2.99. The second-order valence-corrected chi connectivity index (χ2v) is 14.2. The maximum Gasteiger partial charge on any atom is 0.329 e. The molecule has 0 rings (SSSR count). The molecule has 0 amide bonds. The second kappa shape index (κ2) is 17.2. The molecule has 6 nitrogen and oxygen atoms in total. The molecule has 156 valence electrons. The number of rotatable bonds is 2. The Morgan fingerprint density at radius 3 is 0.760 bits per heavy atom. The van der Waals surface area contributed by atoms with Crippen molar-refractivity contribution in [3.05, 3.63) is 0 Å². The summed E-state index contributed by atoms with van der Waals surface area (Å²) in [7, 11) is -4.59. The summed E-state index contributed by atoms with van der Waals surface area (Å²) in [6.07, 6.45) is 0. The van der Waals surface area contributed by atoms with Gasteiger partial charge in [-0.3, -0.25) is 0 Å². The minimum absolute atomic E-state index is 0. The normalized spacial score (nSPS) is 11.5. The smallest absolute Gasteiger partial charge is 0.329 e. The van der Waals surface area contributed by atoms with Gasteiger partial charge in [0.1, 0.15) is 0 Å². The first-order chi connectivity index (χ1) is 10.2. The zero-order valence-electron chi connectivity index (χ0n) is 18.5. The number of hydrogen-bond acceptors (Lipinski definition) is 6. The Labute approximate surface area is 177 Å². The molecule has 0 aliphatic carbocycles. The fraction of sp³-hybridized carbons (Fsp3) is 1.00. The molecule has 0 bridgehead atoms. The van der Waals surface area contributed by atoms with Gasteiger partial charge in [0.15, 0.2) is 0 Å². The van der Waals surface area contributed by atoms with Gasteiger partial charge in [-0.25, -0.2) is 0 Å². The van der Waals surface area contributed by atoms with Crippen LogP contribution in [0.25, 0.3) is 0 Å². The van der Waals surface area contributed by atoms with E-state index in [1.54, 1.807) is 40.0 Å². The third kappa shape index (κ3) is 78.1. The summed E-state index contributed by atoms with van der Waals surface area (Å²) in [5.41, 5.74) is -0.408. The van der Waals surface area contributed by atoms with Crippen molar-refractivity contribution < 1.29 is 54.9 Å². The van der Waals surface area contributed by atoms with Crippen LogP contribution in [0, 0.1) is 0 Å². The molecule has 0 radical (unpaired) electrons. The minimum atomic E-state index is -2.29. The first kappa shape index (κ1) is 36.9. The molecule has 0 aromatic carbocycles. The zero-order valence-corrected chi connectivity index (χ0v) is 23.0. The molecule has 0 aromatic heterocycles. The number of hydrogen-bond donors (Lipinski definition) is 4. The number of aliphatic hydroxyl groups excluding tert-OH is 2. The molecule has 0 aliphatic heterocycles. The van der Waals surface area contributed by atoms with E-state index in [4.69, 9.17) is 19.1 Å². The van der Waals surface area contributed by atoms with Gasteiger partial charge < -0.3 is 28.7 Å². The van der Waals surface area contributed by atoms with Crippen LogP contribution in [0.5, 0.6) is 0 Å². The van der Waals surface area contributed by atoms with Crippen LogP contribution in [-0.2, 0) is 35.1 Å². The Hall–Kier alpha value is 1.08. The molecule has 4 N–H and O–H groups in total. The first-order valence-corrected chi connectivity index (χ1v) is 14.0. The maximum atomic E-state index is 9.27. The Morgan fingerprint density at radius 1 is 0.640 bits per heavy atom. The Morgan fingerprint density at radius 2 is 0.760 bits per heavy atom. The Bertz CT molecular complexity index is 214. The summed E-state index contributed by atoms with van der Waals surface area (Å²) in [6.45, 7) is 22.6.